The fourth-order valence-electron chi connectivity index (χ4n) is 0.554. The van der Waals surface area contributed by atoms with Crippen LogP contribution in [-0.4, -0.2) is 0 Å². The molecule has 0 amide bonds. The standard InChI is InChI=1S/C6H8.3C/c1-6-4-2-3-5-6;;;/h2-4H,5H2,1H3;;;. The summed E-state index contributed by atoms with van der Waals surface area (Å²) in [6, 6.07) is 0. The van der Waals surface area contributed by atoms with E-state index in [-0.39, 0.29) is 22.3 Å². The molecule has 0 aromatic carbocycles. The highest BCUT2D eigenvalue weighted by molar-refractivity contribution is 5.20. The van der Waals surface area contributed by atoms with Gasteiger partial charge < -0.3 is 0 Å². The van der Waals surface area contributed by atoms with E-state index in [4.69, 9.17) is 0 Å². The van der Waals surface area contributed by atoms with E-state index >= 15 is 0 Å². The van der Waals surface area contributed by atoms with Gasteiger partial charge in [0.05, 0.1) is 0 Å². The summed E-state index contributed by atoms with van der Waals surface area (Å²) in [5.41, 5.74) is 1.47. The second kappa shape index (κ2) is 7.48. The van der Waals surface area contributed by atoms with Gasteiger partial charge in [0, 0.05) is 22.3 Å². The van der Waals surface area contributed by atoms with E-state index in [1.165, 1.54) is 12.0 Å². The highest BCUT2D eigenvalue weighted by atomic mass is 13.9. The minimum absolute atomic E-state index is 0. The molecule has 0 spiro atoms. The molecule has 0 atom stereocenters. The zero-order valence-electron chi connectivity index (χ0n) is 5.44. The highest BCUT2D eigenvalue weighted by Crippen LogP contribution is 2.06. The molecule has 0 saturated carbocycles. The third kappa shape index (κ3) is 5.35. The maximum atomic E-state index is 2.16. The van der Waals surface area contributed by atoms with Crippen molar-refractivity contribution in [2.75, 3.05) is 0 Å². The van der Waals surface area contributed by atoms with Crippen LogP contribution in [0.15, 0.2) is 23.8 Å². The molecule has 0 saturated heterocycles. The summed E-state index contributed by atoms with van der Waals surface area (Å²) in [7, 11) is 0. The molecule has 12 radical (unpaired) electrons. The lowest BCUT2D eigenvalue weighted by molar-refractivity contribution is 1.25. The molecule has 1 aliphatic carbocycles. The second-order valence-electron chi connectivity index (χ2n) is 1.65. The fourth-order valence-corrected chi connectivity index (χ4v) is 0.554. The molecule has 9 heavy (non-hydrogen) atoms. The summed E-state index contributed by atoms with van der Waals surface area (Å²) in [5.74, 6) is 0. The van der Waals surface area contributed by atoms with Gasteiger partial charge >= 0.3 is 0 Å². The quantitative estimate of drug-likeness (QED) is 0.455. The molecule has 0 heterocycles. The van der Waals surface area contributed by atoms with Crippen LogP contribution in [-0.2, 0) is 0 Å². The van der Waals surface area contributed by atoms with Crippen LogP contribution >= 0.6 is 0 Å². The molecule has 0 aliphatic heterocycles. The Labute approximate surface area is 60.3 Å². The van der Waals surface area contributed by atoms with Crippen molar-refractivity contribution in [3.05, 3.63) is 46.1 Å². The second-order valence-corrected chi connectivity index (χ2v) is 1.65. The zero-order chi connectivity index (χ0) is 4.41. The number of hydrogen-bond donors (Lipinski definition) is 0. The first-order valence-corrected chi connectivity index (χ1v) is 2.22. The predicted octanol–water partition coefficient (Wildman–Crippen LogP) is 2.14. The van der Waals surface area contributed by atoms with Gasteiger partial charge in [-0.05, 0) is 13.3 Å². The topological polar surface area (TPSA) is 0 Å². The summed E-state index contributed by atoms with van der Waals surface area (Å²) in [6.45, 7) is 2.14. The summed E-state index contributed by atoms with van der Waals surface area (Å²) in [6.07, 6.45) is 7.56. The molecule has 0 nitrogen and oxygen atoms in total. The van der Waals surface area contributed by atoms with Crippen LogP contribution in [0, 0.1) is 22.3 Å². The lowest BCUT2D eigenvalue weighted by Crippen LogP contribution is -1.58. The minimum Gasteiger partial charge on any atom is -0.0805 e. The third-order valence-corrected chi connectivity index (χ3v) is 0.957. The first-order valence-electron chi connectivity index (χ1n) is 2.22. The van der Waals surface area contributed by atoms with Crippen LogP contribution < -0.4 is 0 Å². The van der Waals surface area contributed by atoms with E-state index in [0.717, 1.165) is 0 Å². The Morgan fingerprint density at radius 2 is 1.78 bits per heavy atom. The molecule has 44 valence electrons. The van der Waals surface area contributed by atoms with Crippen molar-refractivity contribution < 1.29 is 0 Å². The van der Waals surface area contributed by atoms with E-state index < -0.39 is 0 Å². The zero-order valence-corrected chi connectivity index (χ0v) is 5.44. The van der Waals surface area contributed by atoms with E-state index in [1.54, 1.807) is 0 Å². The van der Waals surface area contributed by atoms with Crippen LogP contribution in [0.5, 0.6) is 0 Å². The van der Waals surface area contributed by atoms with Crippen molar-refractivity contribution in [3.63, 3.8) is 0 Å². The van der Waals surface area contributed by atoms with Crippen LogP contribution in [0.3, 0.4) is 0 Å². The van der Waals surface area contributed by atoms with Gasteiger partial charge in [-0.15, -0.1) is 0 Å². The van der Waals surface area contributed by atoms with E-state index in [9.17, 15) is 0 Å². The Morgan fingerprint density at radius 1 is 1.22 bits per heavy atom. The highest BCUT2D eigenvalue weighted by Gasteiger charge is 1.86. The van der Waals surface area contributed by atoms with Crippen LogP contribution in [0.25, 0.3) is 0 Å². The van der Waals surface area contributed by atoms with Crippen molar-refractivity contribution in [1.29, 1.82) is 0 Å². The van der Waals surface area contributed by atoms with Gasteiger partial charge in [-0.1, -0.05) is 23.8 Å². The van der Waals surface area contributed by atoms with Crippen LogP contribution in [0.2, 0.25) is 0 Å². The molecule has 1 aliphatic rings. The number of allylic oxidation sites excluding steroid dienone is 4. The Morgan fingerprint density at radius 3 is 1.89 bits per heavy atom. The normalized spacial score (nSPS) is 12.3. The first-order chi connectivity index (χ1) is 2.89. The smallest absolute Gasteiger partial charge is 0 e. The van der Waals surface area contributed by atoms with Crippen molar-refractivity contribution in [2.45, 2.75) is 13.3 Å². The van der Waals surface area contributed by atoms with E-state index in [0.29, 0.717) is 0 Å². The largest absolute Gasteiger partial charge is 0.0805 e. The summed E-state index contributed by atoms with van der Waals surface area (Å²) in [5, 5.41) is 0. The van der Waals surface area contributed by atoms with E-state index in [1.807, 2.05) is 0 Å². The Hall–Kier alpha value is -0.520. The molecule has 0 fully saturated rings. The van der Waals surface area contributed by atoms with Crippen molar-refractivity contribution in [1.82, 2.24) is 0 Å². The molecule has 0 aromatic rings. The van der Waals surface area contributed by atoms with Gasteiger partial charge in [0.2, 0.25) is 0 Å². The average Bonchev–Trinajstić information content (AvgIpc) is 1.86. The van der Waals surface area contributed by atoms with E-state index in [2.05, 4.69) is 25.2 Å². The molecule has 0 aromatic heterocycles. The molecule has 0 unspecified atom stereocenters. The molecule has 0 bridgehead atoms. The minimum atomic E-state index is 0. The molecule has 1 rings (SSSR count). The van der Waals surface area contributed by atoms with Gasteiger partial charge in [0.25, 0.3) is 0 Å². The fraction of sp³-hybridized carbons (Fsp3) is 0.222. The summed E-state index contributed by atoms with van der Waals surface area (Å²) >= 11 is 0. The van der Waals surface area contributed by atoms with Crippen LogP contribution in [0.4, 0.5) is 0 Å². The van der Waals surface area contributed by atoms with Gasteiger partial charge in [-0.3, -0.25) is 0 Å². The maximum Gasteiger partial charge on any atom is 0 e. The SMILES string of the molecule is CC1=CC=CC1.[C].[C].[C]. The summed E-state index contributed by atoms with van der Waals surface area (Å²) < 4.78 is 0. The number of rotatable bonds is 0. The van der Waals surface area contributed by atoms with Gasteiger partial charge in [0.15, 0.2) is 0 Å². The summed E-state index contributed by atoms with van der Waals surface area (Å²) in [4.78, 5) is 0. The Balaban J connectivity index is -0.000000120. The molecular formula is C9H8. The van der Waals surface area contributed by atoms with Crippen molar-refractivity contribution >= 4 is 0 Å². The Kier molecular flexibility index (Phi) is 13.1. The monoisotopic (exact) mass is 116 g/mol. The van der Waals surface area contributed by atoms with Crippen molar-refractivity contribution in [3.8, 4) is 0 Å². The predicted molar refractivity (Wildman–Crippen MR) is 37.2 cm³/mol. The third-order valence-electron chi connectivity index (χ3n) is 0.957. The first kappa shape index (κ1) is 15.8. The van der Waals surface area contributed by atoms with Crippen LogP contribution in [0.1, 0.15) is 13.3 Å². The van der Waals surface area contributed by atoms with Gasteiger partial charge in [-0.25, -0.2) is 0 Å². The maximum absolute atomic E-state index is 2.16. The average molecular weight is 116 g/mol. The Bertz CT molecular complexity index is 96.6. The molecule has 0 heteroatoms. The molecule has 0 N–H and O–H groups in total. The van der Waals surface area contributed by atoms with Crippen molar-refractivity contribution in [2.24, 2.45) is 0 Å². The lowest BCUT2D eigenvalue weighted by Gasteiger charge is -1.78. The molecular weight excluding hydrogens is 108 g/mol. The number of hydrogen-bond acceptors (Lipinski definition) is 0. The van der Waals surface area contributed by atoms with Gasteiger partial charge in [0.1, 0.15) is 0 Å². The lowest BCUT2D eigenvalue weighted by atomic mass is 10.3. The van der Waals surface area contributed by atoms with Gasteiger partial charge in [-0.2, -0.15) is 0 Å².